The zero-order chi connectivity index (χ0) is 20.7. The third kappa shape index (κ3) is 6.43. The van der Waals surface area contributed by atoms with Crippen molar-refractivity contribution in [2.45, 2.75) is 50.3 Å². The first-order chi connectivity index (χ1) is 13.2. The second-order valence-corrected chi connectivity index (χ2v) is 10.7. The number of nitrogens with one attached hydrogen (secondary N) is 1. The van der Waals surface area contributed by atoms with Crippen LogP contribution < -0.4 is 5.32 Å². The Balaban J connectivity index is 1.79. The van der Waals surface area contributed by atoms with E-state index in [1.165, 1.54) is 21.2 Å². The Morgan fingerprint density at radius 3 is 2.39 bits per heavy atom. The van der Waals surface area contributed by atoms with Crippen LogP contribution in [0.3, 0.4) is 0 Å². The highest BCUT2D eigenvalue weighted by molar-refractivity contribution is 7.91. The molecule has 0 saturated heterocycles. The van der Waals surface area contributed by atoms with Crippen molar-refractivity contribution in [2.75, 3.05) is 13.6 Å². The molecule has 0 saturated carbocycles. The molecule has 1 amide bonds. The van der Waals surface area contributed by atoms with E-state index >= 15 is 0 Å². The van der Waals surface area contributed by atoms with E-state index in [0.717, 1.165) is 12.0 Å². The van der Waals surface area contributed by atoms with Gasteiger partial charge in [0.1, 0.15) is 4.21 Å². The minimum absolute atomic E-state index is 0.0688. The summed E-state index contributed by atoms with van der Waals surface area (Å²) in [6, 6.07) is 11.6. The van der Waals surface area contributed by atoms with Crippen molar-refractivity contribution in [3.8, 4) is 0 Å². The molecule has 0 aliphatic rings. The predicted octanol–water partition coefficient (Wildman–Crippen LogP) is 4.22. The van der Waals surface area contributed by atoms with E-state index < -0.39 is 10.0 Å². The van der Waals surface area contributed by atoms with Crippen LogP contribution in [0.4, 0.5) is 0 Å². The standard InChI is InChI=1S/C21H30N2O3S2/c1-16(2)15-18-9-11-19(12-10-18)17(3)22-20(24)7-5-13-23(4)28(25,26)21-8-6-14-27-21/h6,8-12,14,16-17H,5,7,13,15H2,1-4H3,(H,22,24)/t17-/m0/s1. The van der Waals surface area contributed by atoms with E-state index in [0.29, 0.717) is 29.5 Å². The molecule has 0 spiro atoms. The lowest BCUT2D eigenvalue weighted by Gasteiger charge is -2.17. The summed E-state index contributed by atoms with van der Waals surface area (Å²) in [6.07, 6.45) is 1.82. The molecule has 1 N–H and O–H groups in total. The van der Waals surface area contributed by atoms with Crippen LogP contribution in [0.1, 0.15) is 50.8 Å². The lowest BCUT2D eigenvalue weighted by Crippen LogP contribution is -2.30. The fraction of sp³-hybridized carbons (Fsp3) is 0.476. The van der Waals surface area contributed by atoms with Crippen molar-refractivity contribution < 1.29 is 13.2 Å². The highest BCUT2D eigenvalue weighted by Gasteiger charge is 2.21. The summed E-state index contributed by atoms with van der Waals surface area (Å²) in [5, 5.41) is 4.73. The third-order valence-electron chi connectivity index (χ3n) is 4.54. The van der Waals surface area contributed by atoms with Crippen LogP contribution in [0.25, 0.3) is 0 Å². The van der Waals surface area contributed by atoms with Crippen LogP contribution in [0.15, 0.2) is 46.0 Å². The van der Waals surface area contributed by atoms with Gasteiger partial charge in [-0.05, 0) is 48.3 Å². The molecule has 2 rings (SSSR count). The summed E-state index contributed by atoms with van der Waals surface area (Å²) < 4.78 is 26.4. The van der Waals surface area contributed by atoms with Crippen LogP contribution in [-0.4, -0.2) is 32.2 Å². The maximum atomic E-state index is 12.4. The summed E-state index contributed by atoms with van der Waals surface area (Å²) in [5.74, 6) is 0.547. The van der Waals surface area contributed by atoms with Gasteiger partial charge in [0.25, 0.3) is 10.0 Å². The Labute approximate surface area is 172 Å². The first-order valence-electron chi connectivity index (χ1n) is 9.58. The Morgan fingerprint density at radius 1 is 1.14 bits per heavy atom. The summed E-state index contributed by atoms with van der Waals surface area (Å²) in [6.45, 7) is 6.66. The minimum Gasteiger partial charge on any atom is -0.350 e. The fourth-order valence-corrected chi connectivity index (χ4v) is 5.37. The van der Waals surface area contributed by atoms with Crippen LogP contribution >= 0.6 is 11.3 Å². The largest absolute Gasteiger partial charge is 0.350 e. The molecule has 1 aromatic carbocycles. The van der Waals surface area contributed by atoms with E-state index in [-0.39, 0.29) is 11.9 Å². The summed E-state index contributed by atoms with van der Waals surface area (Å²) in [7, 11) is -1.90. The zero-order valence-electron chi connectivity index (χ0n) is 17.0. The highest BCUT2D eigenvalue weighted by atomic mass is 32.2. The average molecular weight is 423 g/mol. The summed E-state index contributed by atoms with van der Waals surface area (Å²) in [5.41, 5.74) is 2.37. The van der Waals surface area contributed by atoms with Crippen LogP contribution in [0, 0.1) is 5.92 Å². The molecule has 1 heterocycles. The van der Waals surface area contributed by atoms with E-state index in [1.54, 1.807) is 24.6 Å². The molecule has 28 heavy (non-hydrogen) atoms. The summed E-state index contributed by atoms with van der Waals surface area (Å²) in [4.78, 5) is 12.2. The van der Waals surface area contributed by atoms with Gasteiger partial charge in [-0.25, -0.2) is 12.7 Å². The number of carbonyl (C=O) groups is 1. The molecule has 5 nitrogen and oxygen atoms in total. The zero-order valence-corrected chi connectivity index (χ0v) is 18.6. The molecule has 2 aromatic rings. The quantitative estimate of drug-likeness (QED) is 0.623. The van der Waals surface area contributed by atoms with E-state index in [2.05, 4.69) is 43.4 Å². The molecule has 0 unspecified atom stereocenters. The molecule has 0 aliphatic carbocycles. The minimum atomic E-state index is -3.45. The van der Waals surface area contributed by atoms with E-state index in [4.69, 9.17) is 0 Å². The smallest absolute Gasteiger partial charge is 0.252 e. The molecule has 1 atom stereocenters. The number of hydrogen-bond donors (Lipinski definition) is 1. The predicted molar refractivity (Wildman–Crippen MR) is 115 cm³/mol. The number of hydrogen-bond acceptors (Lipinski definition) is 4. The Bertz CT molecular complexity index is 844. The van der Waals surface area contributed by atoms with E-state index in [1.807, 2.05) is 6.92 Å². The number of benzene rings is 1. The van der Waals surface area contributed by atoms with Crippen LogP contribution in [0.5, 0.6) is 0 Å². The van der Waals surface area contributed by atoms with Crippen molar-refractivity contribution >= 4 is 27.3 Å². The summed E-state index contributed by atoms with van der Waals surface area (Å²) >= 11 is 1.20. The number of amides is 1. The van der Waals surface area contributed by atoms with E-state index in [9.17, 15) is 13.2 Å². The van der Waals surface area contributed by atoms with Crippen LogP contribution in [-0.2, 0) is 21.2 Å². The van der Waals surface area contributed by atoms with Gasteiger partial charge >= 0.3 is 0 Å². The molecule has 7 heteroatoms. The second kappa shape index (κ2) is 10.2. The monoisotopic (exact) mass is 422 g/mol. The maximum absolute atomic E-state index is 12.4. The molecule has 0 radical (unpaired) electrons. The van der Waals surface area contributed by atoms with Gasteiger partial charge in [-0.2, -0.15) is 0 Å². The maximum Gasteiger partial charge on any atom is 0.252 e. The fourth-order valence-electron chi connectivity index (χ4n) is 2.96. The van der Waals surface area contributed by atoms with Gasteiger partial charge in [-0.3, -0.25) is 4.79 Å². The molecule has 154 valence electrons. The van der Waals surface area contributed by atoms with Crippen molar-refractivity contribution in [1.82, 2.24) is 9.62 Å². The number of sulfonamides is 1. The number of rotatable bonds is 10. The third-order valence-corrected chi connectivity index (χ3v) is 7.77. The van der Waals surface area contributed by atoms with Crippen molar-refractivity contribution in [1.29, 1.82) is 0 Å². The lowest BCUT2D eigenvalue weighted by molar-refractivity contribution is -0.121. The normalized spacial score (nSPS) is 13.1. The topological polar surface area (TPSA) is 66.5 Å². The Hall–Kier alpha value is -1.70. The molecule has 0 fully saturated rings. The van der Waals surface area contributed by atoms with Gasteiger partial charge in [0.2, 0.25) is 5.91 Å². The molecular weight excluding hydrogens is 392 g/mol. The first-order valence-corrected chi connectivity index (χ1v) is 11.9. The molecule has 0 bridgehead atoms. The number of thiophene rings is 1. The second-order valence-electron chi connectivity index (χ2n) is 7.49. The Kier molecular flexibility index (Phi) is 8.22. The van der Waals surface area contributed by atoms with Gasteiger partial charge in [0.15, 0.2) is 0 Å². The van der Waals surface area contributed by atoms with Crippen molar-refractivity contribution in [2.24, 2.45) is 5.92 Å². The van der Waals surface area contributed by atoms with Gasteiger partial charge in [-0.1, -0.05) is 44.2 Å². The number of nitrogens with zero attached hydrogens (tertiary/aromatic N) is 1. The van der Waals surface area contributed by atoms with Gasteiger partial charge in [-0.15, -0.1) is 11.3 Å². The molecule has 0 aliphatic heterocycles. The van der Waals surface area contributed by atoms with Gasteiger partial charge < -0.3 is 5.32 Å². The SMILES string of the molecule is CC(C)Cc1ccc([C@H](C)NC(=O)CCCN(C)S(=O)(=O)c2cccs2)cc1. The van der Waals surface area contributed by atoms with Crippen molar-refractivity contribution in [3.05, 3.63) is 52.9 Å². The lowest BCUT2D eigenvalue weighted by atomic mass is 10.00. The first kappa shape index (κ1) is 22.6. The Morgan fingerprint density at radius 2 is 1.82 bits per heavy atom. The van der Waals surface area contributed by atoms with Gasteiger partial charge in [0.05, 0.1) is 6.04 Å². The average Bonchev–Trinajstić information content (AvgIpc) is 3.17. The highest BCUT2D eigenvalue weighted by Crippen LogP contribution is 2.20. The number of carbonyl (C=O) groups excluding carboxylic acids is 1. The molecular formula is C21H30N2O3S2. The van der Waals surface area contributed by atoms with Crippen LogP contribution in [0.2, 0.25) is 0 Å². The van der Waals surface area contributed by atoms with Gasteiger partial charge in [0, 0.05) is 20.0 Å². The molecule has 1 aromatic heterocycles. The van der Waals surface area contributed by atoms with Crippen molar-refractivity contribution in [3.63, 3.8) is 0 Å².